The molecule has 10 rings (SSSR count). The number of alkyl halides is 6. The van der Waals surface area contributed by atoms with Crippen molar-refractivity contribution in [3.05, 3.63) is 80.9 Å². The van der Waals surface area contributed by atoms with Crippen LogP contribution in [0.2, 0.25) is 5.02 Å². The molecule has 4 fully saturated rings. The molecule has 0 aromatic carbocycles. The van der Waals surface area contributed by atoms with Gasteiger partial charge in [-0.15, -0.1) is 10.2 Å². The molecule has 4 saturated heterocycles. The molecule has 0 aliphatic carbocycles. The Bertz CT molecular complexity index is 3550. The van der Waals surface area contributed by atoms with Crippen molar-refractivity contribution in [2.45, 2.75) is 143 Å². The second kappa shape index (κ2) is 27.4. The molecule has 5 aromatic rings. The number of rotatable bonds is 6. The lowest BCUT2D eigenvalue weighted by molar-refractivity contribution is -0.143. The van der Waals surface area contributed by atoms with E-state index in [1.807, 2.05) is 76.2 Å². The minimum Gasteiger partial charge on any atom is -0.491 e. The van der Waals surface area contributed by atoms with Crippen molar-refractivity contribution in [1.29, 1.82) is 0 Å². The van der Waals surface area contributed by atoms with Crippen LogP contribution in [0.1, 0.15) is 111 Å². The molecule has 5 N–H and O–H groups in total. The molecule has 5 unspecified atom stereocenters. The van der Waals surface area contributed by atoms with E-state index in [1.54, 1.807) is 26.1 Å². The van der Waals surface area contributed by atoms with Crippen LogP contribution >= 0.6 is 22.9 Å². The van der Waals surface area contributed by atoms with Gasteiger partial charge in [-0.3, -0.25) is 24.1 Å². The van der Waals surface area contributed by atoms with Crippen LogP contribution in [0, 0.1) is 11.8 Å². The number of carbonyl (C=O) groups excluding carboxylic acids is 5. The van der Waals surface area contributed by atoms with E-state index in [9.17, 15) is 75.8 Å². The predicted octanol–water partition coefficient (Wildman–Crippen LogP) is 6.87. The molecule has 0 saturated carbocycles. The molecule has 0 radical (unpaired) electrons. The Morgan fingerprint density at radius 1 is 0.630 bits per heavy atom. The van der Waals surface area contributed by atoms with Crippen LogP contribution < -0.4 is 24.5 Å². The number of aryl methyl sites for hydroxylation is 1. The molecule has 10 heterocycles. The third-order valence-corrected chi connectivity index (χ3v) is 16.4. The summed E-state index contributed by atoms with van der Waals surface area (Å²) < 4.78 is 86.8. The number of hydrogen-bond acceptors (Lipinski definition) is 20. The molecule has 5 aromatic heterocycles. The molecule has 0 spiro atoms. The summed E-state index contributed by atoms with van der Waals surface area (Å²) in [5.41, 5.74) is -1.25. The van der Waals surface area contributed by atoms with Gasteiger partial charge in [-0.05, 0) is 13.0 Å². The van der Waals surface area contributed by atoms with Crippen LogP contribution in [0.4, 0.5) is 69.1 Å². The number of likely N-dealkylation sites (N-methyl/N-ethyl adjacent to an activating group) is 3. The van der Waals surface area contributed by atoms with Crippen molar-refractivity contribution in [1.82, 2.24) is 54.8 Å². The number of halogens is 7. The molecule has 92 heavy (non-hydrogen) atoms. The van der Waals surface area contributed by atoms with Gasteiger partial charge in [0.1, 0.15) is 40.7 Å². The van der Waals surface area contributed by atoms with E-state index < -0.39 is 77.7 Å². The van der Waals surface area contributed by atoms with E-state index in [1.165, 1.54) is 68.3 Å². The summed E-state index contributed by atoms with van der Waals surface area (Å²) in [4.78, 5) is 80.7. The first-order chi connectivity index (χ1) is 42.2. The van der Waals surface area contributed by atoms with Gasteiger partial charge in [0, 0.05) is 86.2 Å². The Balaban J connectivity index is 0.000000183. The fourth-order valence-corrected chi connectivity index (χ4v) is 10.4. The van der Waals surface area contributed by atoms with Crippen molar-refractivity contribution in [2.24, 2.45) is 18.9 Å². The minimum atomic E-state index is -4.66. The van der Waals surface area contributed by atoms with E-state index in [0.717, 1.165) is 39.8 Å². The number of aliphatic hydroxyl groups is 5. The third kappa shape index (κ3) is 15.8. The maximum atomic E-state index is 12.7. The van der Waals surface area contributed by atoms with Crippen molar-refractivity contribution in [2.75, 3.05) is 72.4 Å². The maximum Gasteiger partial charge on any atom is 0.433 e. The highest BCUT2D eigenvalue weighted by molar-refractivity contribution is 7.15. The summed E-state index contributed by atoms with van der Waals surface area (Å²) in [6.45, 7) is 23.8. The Morgan fingerprint density at radius 3 is 1.55 bits per heavy atom. The van der Waals surface area contributed by atoms with Gasteiger partial charge < -0.3 is 49.5 Å². The average molecular weight is 1350 g/mol. The van der Waals surface area contributed by atoms with Gasteiger partial charge in [0.25, 0.3) is 5.91 Å². The number of aromatic nitrogens is 8. The van der Waals surface area contributed by atoms with Crippen molar-refractivity contribution < 1.29 is 85.1 Å². The molecule has 7 atom stereocenters. The third-order valence-electron chi connectivity index (χ3n) is 14.8. The second-order valence-corrected chi connectivity index (χ2v) is 26.4. The zero-order valence-corrected chi connectivity index (χ0v) is 55.0. The first-order valence-corrected chi connectivity index (χ1v) is 29.4. The Labute approximate surface area is 534 Å². The molecule has 28 nitrogen and oxygen atoms in total. The summed E-state index contributed by atoms with van der Waals surface area (Å²) in [7, 11) is 7.05. The molecule has 0 bridgehead atoms. The lowest BCUT2D eigenvalue weighted by Gasteiger charge is -2.23. The van der Waals surface area contributed by atoms with Gasteiger partial charge in [0.15, 0.2) is 42.3 Å². The van der Waals surface area contributed by atoms with Crippen LogP contribution in [0.15, 0.2) is 52.6 Å². The molecule has 5 aliphatic rings. The topological polar surface area (TPSA) is 330 Å². The fourth-order valence-electron chi connectivity index (χ4n) is 9.20. The molecular formula is C56H75ClF6N16O12S. The van der Waals surface area contributed by atoms with Gasteiger partial charge in [0.2, 0.25) is 11.0 Å². The molecular weight excluding hydrogens is 1270 g/mol. The number of carbonyl (C=O) groups is 5. The van der Waals surface area contributed by atoms with Crippen LogP contribution in [-0.4, -0.2) is 189 Å². The van der Waals surface area contributed by atoms with E-state index >= 15 is 0 Å². The molecule has 36 heteroatoms. The standard InChI is InChI=1S/C14H19N3O3.C13H20N2O3.C10H9ClF3N3O2.C10H16N4O2S.C9H11F3N4O2/c1-8-11(20-5)13(19)17(12(8)18)10-6-9(14(2,3)4)15-7-16-10;1-7-8(2)12(17)15(11(7)16)10-6-9(18-14-10)13(3,4)5;1-16-4-8(18)17(9(16)19)7-2-5(10(12,13)14)6(11)3-15-7;1-10(2,3)7-11-12-8(17-7)14-6(15)5-13(4)9(14)16;1-14-4-7(17)16(8(14)18)6-3-5(9(10,11)12)15(2)13-6/h6-7,12,18H,1-5H3;6-8,11,16H,1-5H3;2-3,8,18H,4H2,1H3;6,15H,5H2,1-4H3;3,7,17H,4H2,1-2H3/t;7-,8+,11?;;;/m.0.../s1. The van der Waals surface area contributed by atoms with E-state index in [0.29, 0.717) is 45.4 Å². The monoisotopic (exact) mass is 1340 g/mol. The number of nitrogens with zero attached hydrogens (tertiary/aromatic N) is 16. The number of hydrogen-bond donors (Lipinski definition) is 5. The summed E-state index contributed by atoms with van der Waals surface area (Å²) in [5, 5.41) is 65.7. The van der Waals surface area contributed by atoms with E-state index in [-0.39, 0.29) is 70.5 Å². The van der Waals surface area contributed by atoms with Crippen molar-refractivity contribution in [3.63, 3.8) is 0 Å². The first-order valence-electron chi connectivity index (χ1n) is 28.2. The maximum absolute atomic E-state index is 12.7. The normalized spacial score (nSPS) is 22.3. The average Bonchev–Trinajstić information content (AvgIpc) is 1.61. The number of methoxy groups -OCH3 is 1. The zero-order valence-electron chi connectivity index (χ0n) is 53.4. The fraction of sp³-hybridized carbons (Fsp3) is 0.571. The zero-order chi connectivity index (χ0) is 69.6. The highest BCUT2D eigenvalue weighted by atomic mass is 35.5. The van der Waals surface area contributed by atoms with Gasteiger partial charge in [-0.1, -0.05) is 104 Å². The van der Waals surface area contributed by atoms with Gasteiger partial charge >= 0.3 is 30.4 Å². The van der Waals surface area contributed by atoms with Gasteiger partial charge in [-0.25, -0.2) is 44.0 Å². The van der Waals surface area contributed by atoms with Crippen molar-refractivity contribution in [3.8, 4) is 0 Å². The number of amides is 8. The van der Waals surface area contributed by atoms with Crippen molar-refractivity contribution >= 4 is 81.2 Å². The van der Waals surface area contributed by atoms with Crippen LogP contribution in [0.3, 0.4) is 0 Å². The Kier molecular flexibility index (Phi) is 21.8. The first kappa shape index (κ1) is 73.2. The highest BCUT2D eigenvalue weighted by Crippen LogP contribution is 2.39. The Hall–Kier alpha value is -7.83. The largest absolute Gasteiger partial charge is 0.491 e. The summed E-state index contributed by atoms with van der Waals surface area (Å²) in [5.74, 6) is 0.313. The van der Waals surface area contributed by atoms with E-state index in [2.05, 4.69) is 35.4 Å². The quantitative estimate of drug-likeness (QED) is 0.108. The smallest absolute Gasteiger partial charge is 0.433 e. The highest BCUT2D eigenvalue weighted by Gasteiger charge is 2.46. The van der Waals surface area contributed by atoms with Crippen LogP contribution in [0.5, 0.6) is 0 Å². The summed E-state index contributed by atoms with van der Waals surface area (Å²) in [6, 6.07) is 3.36. The SMILES string of the molecule is CN1CC(O)N(c2cc(C(F)(F)F)c(Cl)cn2)C1=O.CN1CC(O)N(c2cc(C(F)(F)F)n(C)n2)C1=O.CN1CC(O)N(c2nnc(C(C)(C)C)s2)C1=O.COC1=C(C)C(O)N(c2cc(C(C)(C)C)ncn2)C1=O.C[C@@H]1C(O)N(c2cc(C(C)(C)C)on2)C(=O)[C@@H]1C. The Morgan fingerprint density at radius 2 is 1.15 bits per heavy atom. The predicted molar refractivity (Wildman–Crippen MR) is 322 cm³/mol. The number of pyridine rings is 1. The lowest BCUT2D eigenvalue weighted by atomic mass is 9.92. The van der Waals surface area contributed by atoms with Crippen LogP contribution in [0.25, 0.3) is 0 Å². The lowest BCUT2D eigenvalue weighted by Crippen LogP contribution is -2.36. The summed E-state index contributed by atoms with van der Waals surface area (Å²) in [6.07, 6.45) is -12.2. The summed E-state index contributed by atoms with van der Waals surface area (Å²) >= 11 is 6.77. The molecule has 8 amide bonds. The minimum absolute atomic E-state index is 0.00943. The number of urea groups is 3. The van der Waals surface area contributed by atoms with Crippen LogP contribution in [-0.2, 0) is 50.0 Å². The van der Waals surface area contributed by atoms with Gasteiger partial charge in [0.05, 0.1) is 43.0 Å². The second-order valence-electron chi connectivity index (χ2n) is 25.1. The number of aliphatic hydroxyl groups excluding tert-OH is 5. The number of anilines is 5. The van der Waals surface area contributed by atoms with Gasteiger partial charge in [-0.2, -0.15) is 31.4 Å². The van der Waals surface area contributed by atoms with E-state index in [4.69, 9.17) is 20.9 Å². The molecule has 5 aliphatic heterocycles. The number of ether oxygens (including phenoxy) is 1. The molecule has 506 valence electrons. The number of β-amino-alcohol motifs (C(OH)–C–C–N with tert-alkyl or cyclic N) is 3.